The second kappa shape index (κ2) is 11.0. The molecule has 2 heterocycles. The highest BCUT2D eigenvalue weighted by molar-refractivity contribution is 7.85. The lowest BCUT2D eigenvalue weighted by molar-refractivity contribution is -0.280. The van der Waals surface area contributed by atoms with Crippen LogP contribution in [0.15, 0.2) is 45.8 Å². The molecule has 1 N–H and O–H groups in total. The number of hydrogen-bond acceptors (Lipinski definition) is 8. The third-order valence-electron chi connectivity index (χ3n) is 7.15. The maximum absolute atomic E-state index is 15.5. The molecule has 1 aliphatic carbocycles. The first kappa shape index (κ1) is 30.6. The van der Waals surface area contributed by atoms with Crippen LogP contribution in [0.2, 0.25) is 0 Å². The van der Waals surface area contributed by atoms with Crippen LogP contribution in [-0.2, 0) is 37.2 Å². The quantitative estimate of drug-likeness (QED) is 0.387. The number of amides is 2. The summed E-state index contributed by atoms with van der Waals surface area (Å²) in [7, 11) is -0.930. The van der Waals surface area contributed by atoms with E-state index in [0.717, 1.165) is 24.1 Å². The van der Waals surface area contributed by atoms with Gasteiger partial charge in [0.25, 0.3) is 17.7 Å². The Kier molecular flexibility index (Phi) is 7.84. The van der Waals surface area contributed by atoms with Crippen LogP contribution in [0.5, 0.6) is 0 Å². The summed E-state index contributed by atoms with van der Waals surface area (Å²) >= 11 is 0. The predicted molar refractivity (Wildman–Crippen MR) is 145 cm³/mol. The van der Waals surface area contributed by atoms with Gasteiger partial charge in [0.05, 0.1) is 39.2 Å². The summed E-state index contributed by atoms with van der Waals surface area (Å²) in [5, 5.41) is 6.13. The number of nitrogens with zero attached hydrogens (tertiary/aromatic N) is 3. The molecular formula is C28H28F4N4O6S. The molecule has 3 aromatic rings. The number of anilines is 1. The molecule has 230 valence electrons. The normalized spacial score (nSPS) is 23.3. The fourth-order valence-corrected chi connectivity index (χ4v) is 6.20. The Balaban J connectivity index is 1.57. The van der Waals surface area contributed by atoms with Crippen molar-refractivity contribution in [1.29, 1.82) is 0 Å². The summed E-state index contributed by atoms with van der Waals surface area (Å²) in [5.74, 6) is -6.81. The summed E-state index contributed by atoms with van der Waals surface area (Å²) < 4.78 is 86.8. The standard InChI is InChI=1S/C28H28F4N4O6S/c1-26(2,3)41-25(38)33-19-14-43(39)21-12-18(30)17(22-34-24(42-35-22)27(40-4)9-10-28(27,31)32)11-20(21)36(23(19)37)13-15-5-7-16(29)8-6-15/h5-8,11-12,19H,9-10,13-14H2,1-4H3,(H,33,38)/t19-,27?,43?/m0/s1. The van der Waals surface area contributed by atoms with Crippen LogP contribution in [0.4, 0.5) is 28.0 Å². The summed E-state index contributed by atoms with van der Waals surface area (Å²) in [4.78, 5) is 31.5. The monoisotopic (exact) mass is 624 g/mol. The van der Waals surface area contributed by atoms with Gasteiger partial charge in [-0.1, -0.05) is 17.3 Å². The third-order valence-corrected chi connectivity index (χ3v) is 8.61. The number of alkyl halides is 2. The zero-order valence-electron chi connectivity index (χ0n) is 23.6. The number of alkyl carbamates (subject to hydrolysis) is 1. The van der Waals surface area contributed by atoms with E-state index in [2.05, 4.69) is 15.5 Å². The van der Waals surface area contributed by atoms with Gasteiger partial charge in [-0.2, -0.15) is 4.98 Å². The molecule has 0 saturated heterocycles. The van der Waals surface area contributed by atoms with E-state index >= 15 is 4.39 Å². The number of benzene rings is 2. The second-order valence-corrected chi connectivity index (χ2v) is 12.7. The number of fused-ring (bicyclic) bond motifs is 1. The van der Waals surface area contributed by atoms with Crippen LogP contribution in [-0.4, -0.2) is 56.8 Å². The van der Waals surface area contributed by atoms with Crippen LogP contribution in [0.1, 0.15) is 45.1 Å². The van der Waals surface area contributed by atoms with Crippen molar-refractivity contribution in [2.24, 2.45) is 0 Å². The number of rotatable bonds is 6. The van der Waals surface area contributed by atoms with Crippen molar-refractivity contribution < 1.29 is 45.4 Å². The first-order valence-corrected chi connectivity index (χ1v) is 14.5. The van der Waals surface area contributed by atoms with E-state index < -0.39 is 81.5 Å². The molecule has 1 saturated carbocycles. The maximum atomic E-state index is 15.5. The van der Waals surface area contributed by atoms with Gasteiger partial charge in [-0.3, -0.25) is 9.00 Å². The Morgan fingerprint density at radius 2 is 1.88 bits per heavy atom. The van der Waals surface area contributed by atoms with E-state index in [1.54, 1.807) is 20.8 Å². The third kappa shape index (κ3) is 5.75. The summed E-state index contributed by atoms with van der Waals surface area (Å²) in [5.41, 5.74) is -2.92. The SMILES string of the molecule is COC1(c2nc(-c3cc4c(cc3F)S(=O)C[C@H](NC(=O)OC(C)(C)C)C(=O)N4Cc3ccc(F)cc3)no2)CCC1(F)F. The number of carbonyl (C=O) groups is 2. The van der Waals surface area contributed by atoms with Crippen molar-refractivity contribution in [3.8, 4) is 11.4 Å². The Morgan fingerprint density at radius 1 is 1.19 bits per heavy atom. The highest BCUT2D eigenvalue weighted by Crippen LogP contribution is 2.55. The van der Waals surface area contributed by atoms with Gasteiger partial charge in [-0.25, -0.2) is 22.4 Å². The molecule has 5 rings (SSSR count). The van der Waals surface area contributed by atoms with E-state index in [1.165, 1.54) is 24.3 Å². The van der Waals surface area contributed by atoms with E-state index in [1.807, 2.05) is 0 Å². The Morgan fingerprint density at radius 3 is 2.47 bits per heavy atom. The molecule has 43 heavy (non-hydrogen) atoms. The molecule has 1 fully saturated rings. The molecule has 0 spiro atoms. The van der Waals surface area contributed by atoms with Crippen molar-refractivity contribution in [2.45, 2.75) is 68.2 Å². The van der Waals surface area contributed by atoms with Crippen molar-refractivity contribution in [3.05, 3.63) is 59.5 Å². The molecule has 3 atom stereocenters. The molecule has 2 aromatic carbocycles. The number of methoxy groups -OCH3 is 1. The van der Waals surface area contributed by atoms with Gasteiger partial charge in [0.2, 0.25) is 11.4 Å². The minimum Gasteiger partial charge on any atom is -0.444 e. The van der Waals surface area contributed by atoms with Crippen LogP contribution in [0.3, 0.4) is 0 Å². The lowest BCUT2D eigenvalue weighted by Gasteiger charge is -2.44. The van der Waals surface area contributed by atoms with Crippen LogP contribution >= 0.6 is 0 Å². The Hall–Kier alpha value is -3.85. The highest BCUT2D eigenvalue weighted by atomic mass is 32.2. The maximum Gasteiger partial charge on any atom is 0.408 e. The van der Waals surface area contributed by atoms with Gasteiger partial charge >= 0.3 is 6.09 Å². The molecule has 2 aliphatic rings. The number of aromatic nitrogens is 2. The number of carbonyl (C=O) groups excluding carboxylic acids is 2. The molecule has 15 heteroatoms. The van der Waals surface area contributed by atoms with E-state index in [9.17, 15) is 27.0 Å². The zero-order valence-corrected chi connectivity index (χ0v) is 24.4. The molecule has 2 unspecified atom stereocenters. The van der Waals surface area contributed by atoms with Gasteiger partial charge < -0.3 is 24.2 Å². The first-order valence-electron chi connectivity index (χ1n) is 13.2. The lowest BCUT2D eigenvalue weighted by atomic mass is 9.75. The molecule has 0 bridgehead atoms. The van der Waals surface area contributed by atoms with E-state index in [-0.39, 0.29) is 29.1 Å². The smallest absolute Gasteiger partial charge is 0.408 e. The molecule has 1 aliphatic heterocycles. The van der Waals surface area contributed by atoms with Crippen molar-refractivity contribution in [2.75, 3.05) is 17.8 Å². The van der Waals surface area contributed by atoms with Crippen molar-refractivity contribution in [3.63, 3.8) is 0 Å². The Bertz CT molecular complexity index is 1590. The van der Waals surface area contributed by atoms with E-state index in [0.29, 0.717) is 5.56 Å². The van der Waals surface area contributed by atoms with E-state index in [4.69, 9.17) is 14.0 Å². The van der Waals surface area contributed by atoms with Gasteiger partial charge in [0, 0.05) is 13.5 Å². The zero-order chi connectivity index (χ0) is 31.3. The number of hydrogen-bond donors (Lipinski definition) is 1. The van der Waals surface area contributed by atoms with Gasteiger partial charge in [-0.15, -0.1) is 0 Å². The number of ether oxygens (including phenoxy) is 2. The predicted octanol–water partition coefficient (Wildman–Crippen LogP) is 4.83. The first-order chi connectivity index (χ1) is 20.1. The van der Waals surface area contributed by atoms with Crippen LogP contribution in [0, 0.1) is 11.6 Å². The minimum absolute atomic E-state index is 0.0145. The summed E-state index contributed by atoms with van der Waals surface area (Å²) in [6.45, 7) is 4.71. The number of halogens is 4. The average molecular weight is 625 g/mol. The fourth-order valence-electron chi connectivity index (χ4n) is 4.86. The number of nitrogens with one attached hydrogen (secondary N) is 1. The van der Waals surface area contributed by atoms with Crippen molar-refractivity contribution in [1.82, 2.24) is 15.5 Å². The second-order valence-electron chi connectivity index (χ2n) is 11.2. The van der Waals surface area contributed by atoms with Crippen LogP contribution in [0.25, 0.3) is 11.4 Å². The molecular weight excluding hydrogens is 596 g/mol. The van der Waals surface area contributed by atoms with Crippen molar-refractivity contribution >= 4 is 28.5 Å². The van der Waals surface area contributed by atoms with Gasteiger partial charge in [0.1, 0.15) is 23.3 Å². The summed E-state index contributed by atoms with van der Waals surface area (Å²) in [6, 6.07) is 5.99. The lowest BCUT2D eigenvalue weighted by Crippen LogP contribution is -2.56. The van der Waals surface area contributed by atoms with Crippen LogP contribution < -0.4 is 10.2 Å². The largest absolute Gasteiger partial charge is 0.444 e. The van der Waals surface area contributed by atoms with Gasteiger partial charge in [0.15, 0.2) is 0 Å². The molecule has 2 amide bonds. The van der Waals surface area contributed by atoms with Gasteiger partial charge in [-0.05, 0) is 57.0 Å². The highest BCUT2D eigenvalue weighted by Gasteiger charge is 2.67. The summed E-state index contributed by atoms with van der Waals surface area (Å²) in [6.07, 6.45) is -1.49. The molecule has 10 nitrogen and oxygen atoms in total. The Labute approximate surface area is 246 Å². The molecule has 1 aromatic heterocycles. The minimum atomic E-state index is -3.29. The topological polar surface area (TPSA) is 124 Å². The fraction of sp³-hybridized carbons (Fsp3) is 0.429. The average Bonchev–Trinajstić information content (AvgIpc) is 3.38. The molecule has 0 radical (unpaired) electrons.